The van der Waals surface area contributed by atoms with Gasteiger partial charge in [-0.3, -0.25) is 0 Å². The Balaban J connectivity index is 1.96. The summed E-state index contributed by atoms with van der Waals surface area (Å²) in [6, 6.07) is 14.6. The molecule has 0 amide bonds. The highest BCUT2D eigenvalue weighted by molar-refractivity contribution is 6.31. The van der Waals surface area contributed by atoms with Gasteiger partial charge in [-0.1, -0.05) is 35.3 Å². The molecule has 0 aromatic heterocycles. The van der Waals surface area contributed by atoms with Crippen molar-refractivity contribution in [3.63, 3.8) is 0 Å². The zero-order valence-electron chi connectivity index (χ0n) is 11.9. The van der Waals surface area contributed by atoms with Gasteiger partial charge in [-0.25, -0.2) is 0 Å². The van der Waals surface area contributed by atoms with Crippen LogP contribution in [0.3, 0.4) is 0 Å². The normalized spacial score (nSPS) is 18.8. The van der Waals surface area contributed by atoms with Crippen LogP contribution in [-0.2, 0) is 0 Å². The molecule has 1 aliphatic heterocycles. The average molecular weight is 321 g/mol. The van der Waals surface area contributed by atoms with Crippen LogP contribution in [0.1, 0.15) is 17.2 Å². The molecule has 1 N–H and O–H groups in total. The van der Waals surface area contributed by atoms with E-state index >= 15 is 0 Å². The van der Waals surface area contributed by atoms with E-state index in [4.69, 9.17) is 23.2 Å². The zero-order chi connectivity index (χ0) is 14.8. The van der Waals surface area contributed by atoms with Gasteiger partial charge >= 0.3 is 0 Å². The molecule has 0 aliphatic carbocycles. The molecule has 3 rings (SSSR count). The van der Waals surface area contributed by atoms with Gasteiger partial charge in [0.05, 0.1) is 6.04 Å². The maximum absolute atomic E-state index is 6.08. The van der Waals surface area contributed by atoms with Crippen molar-refractivity contribution in [2.75, 3.05) is 24.5 Å². The second-order valence-corrected chi connectivity index (χ2v) is 6.27. The molecule has 0 unspecified atom stereocenters. The SMILES string of the molecule is Cc1cc(Cl)ccc1N1CCNC[C@H]1c1ccc(Cl)cc1. The average Bonchev–Trinajstić information content (AvgIpc) is 2.48. The molecule has 0 spiro atoms. The number of benzene rings is 2. The molecule has 0 saturated carbocycles. The number of nitrogens with zero attached hydrogens (tertiary/aromatic N) is 1. The molecule has 1 saturated heterocycles. The lowest BCUT2D eigenvalue weighted by atomic mass is 10.0. The number of rotatable bonds is 2. The van der Waals surface area contributed by atoms with E-state index < -0.39 is 0 Å². The molecule has 0 bridgehead atoms. The van der Waals surface area contributed by atoms with Crippen molar-refractivity contribution in [1.29, 1.82) is 0 Å². The van der Waals surface area contributed by atoms with E-state index in [0.29, 0.717) is 6.04 Å². The van der Waals surface area contributed by atoms with Crippen molar-refractivity contribution < 1.29 is 0 Å². The van der Waals surface area contributed by atoms with Gasteiger partial charge in [-0.15, -0.1) is 0 Å². The Bertz CT molecular complexity index is 625. The fraction of sp³-hybridized carbons (Fsp3) is 0.294. The predicted molar refractivity (Wildman–Crippen MR) is 90.6 cm³/mol. The summed E-state index contributed by atoms with van der Waals surface area (Å²) >= 11 is 12.1. The third-order valence-corrected chi connectivity index (χ3v) is 4.45. The first-order valence-corrected chi connectivity index (χ1v) is 7.90. The van der Waals surface area contributed by atoms with Crippen molar-refractivity contribution in [2.24, 2.45) is 0 Å². The van der Waals surface area contributed by atoms with Gasteiger partial charge in [0.1, 0.15) is 0 Å². The Labute approximate surface area is 135 Å². The van der Waals surface area contributed by atoms with Gasteiger partial charge in [0.15, 0.2) is 0 Å². The third-order valence-electron chi connectivity index (χ3n) is 3.97. The maximum atomic E-state index is 6.08. The molecule has 1 heterocycles. The summed E-state index contributed by atoms with van der Waals surface area (Å²) in [5, 5.41) is 5.04. The van der Waals surface area contributed by atoms with Gasteiger partial charge < -0.3 is 10.2 Å². The van der Waals surface area contributed by atoms with Crippen molar-refractivity contribution in [2.45, 2.75) is 13.0 Å². The second kappa shape index (κ2) is 6.27. The Morgan fingerprint density at radius 1 is 1.05 bits per heavy atom. The van der Waals surface area contributed by atoms with E-state index in [9.17, 15) is 0 Å². The van der Waals surface area contributed by atoms with Crippen LogP contribution in [0, 0.1) is 6.92 Å². The number of nitrogens with one attached hydrogen (secondary N) is 1. The lowest BCUT2D eigenvalue weighted by Gasteiger charge is -2.39. The highest BCUT2D eigenvalue weighted by Crippen LogP contribution is 2.32. The van der Waals surface area contributed by atoms with E-state index in [1.54, 1.807) is 0 Å². The second-order valence-electron chi connectivity index (χ2n) is 5.40. The van der Waals surface area contributed by atoms with Crippen LogP contribution in [0.25, 0.3) is 0 Å². The van der Waals surface area contributed by atoms with Crippen molar-refractivity contribution in [1.82, 2.24) is 5.32 Å². The lowest BCUT2D eigenvalue weighted by Crippen LogP contribution is -2.46. The maximum Gasteiger partial charge on any atom is 0.0667 e. The molecular formula is C17H18Cl2N2. The minimum absolute atomic E-state index is 0.316. The van der Waals surface area contributed by atoms with Crippen LogP contribution in [0.2, 0.25) is 10.0 Å². The highest BCUT2D eigenvalue weighted by atomic mass is 35.5. The molecule has 0 radical (unpaired) electrons. The Morgan fingerprint density at radius 3 is 2.48 bits per heavy atom. The quantitative estimate of drug-likeness (QED) is 0.879. The van der Waals surface area contributed by atoms with Crippen LogP contribution in [0.15, 0.2) is 42.5 Å². The number of aryl methyl sites for hydroxylation is 1. The first kappa shape index (κ1) is 14.7. The predicted octanol–water partition coefficient (Wildman–Crippen LogP) is 4.45. The van der Waals surface area contributed by atoms with E-state index in [0.717, 1.165) is 29.7 Å². The van der Waals surface area contributed by atoms with Crippen LogP contribution in [-0.4, -0.2) is 19.6 Å². The summed E-state index contributed by atoms with van der Waals surface area (Å²) in [5.41, 5.74) is 3.74. The number of hydrogen-bond acceptors (Lipinski definition) is 2. The fourth-order valence-electron chi connectivity index (χ4n) is 2.92. The summed E-state index contributed by atoms with van der Waals surface area (Å²) < 4.78 is 0. The van der Waals surface area contributed by atoms with Gasteiger partial charge in [0, 0.05) is 35.4 Å². The summed E-state index contributed by atoms with van der Waals surface area (Å²) in [6.07, 6.45) is 0. The molecular weight excluding hydrogens is 303 g/mol. The summed E-state index contributed by atoms with van der Waals surface area (Å²) in [5.74, 6) is 0. The van der Waals surface area contributed by atoms with Crippen LogP contribution < -0.4 is 10.2 Å². The fourth-order valence-corrected chi connectivity index (χ4v) is 3.27. The number of piperazine rings is 1. The van der Waals surface area contributed by atoms with Gasteiger partial charge in [0.2, 0.25) is 0 Å². The minimum Gasteiger partial charge on any atom is -0.362 e. The first-order chi connectivity index (χ1) is 10.1. The van der Waals surface area contributed by atoms with E-state index in [1.165, 1.54) is 16.8 Å². The summed E-state index contributed by atoms with van der Waals surface area (Å²) in [4.78, 5) is 2.45. The van der Waals surface area contributed by atoms with Crippen molar-refractivity contribution in [3.8, 4) is 0 Å². The third kappa shape index (κ3) is 3.18. The van der Waals surface area contributed by atoms with Gasteiger partial charge in [-0.2, -0.15) is 0 Å². The first-order valence-electron chi connectivity index (χ1n) is 7.14. The molecule has 110 valence electrons. The summed E-state index contributed by atoms with van der Waals surface area (Å²) in [7, 11) is 0. The molecule has 1 atom stereocenters. The monoisotopic (exact) mass is 320 g/mol. The van der Waals surface area contributed by atoms with Crippen LogP contribution in [0.5, 0.6) is 0 Å². The van der Waals surface area contributed by atoms with E-state index in [-0.39, 0.29) is 0 Å². The number of anilines is 1. The minimum atomic E-state index is 0.316. The molecule has 2 nitrogen and oxygen atoms in total. The topological polar surface area (TPSA) is 15.3 Å². The molecule has 21 heavy (non-hydrogen) atoms. The lowest BCUT2D eigenvalue weighted by molar-refractivity contribution is 0.489. The molecule has 2 aromatic carbocycles. The van der Waals surface area contributed by atoms with Crippen LogP contribution >= 0.6 is 23.2 Å². The number of hydrogen-bond donors (Lipinski definition) is 1. The van der Waals surface area contributed by atoms with Crippen molar-refractivity contribution >= 4 is 28.9 Å². The highest BCUT2D eigenvalue weighted by Gasteiger charge is 2.25. The van der Waals surface area contributed by atoms with E-state index in [1.807, 2.05) is 24.3 Å². The zero-order valence-corrected chi connectivity index (χ0v) is 13.5. The summed E-state index contributed by atoms with van der Waals surface area (Å²) in [6.45, 7) is 5.02. The Kier molecular flexibility index (Phi) is 4.39. The largest absolute Gasteiger partial charge is 0.362 e. The Hall–Kier alpha value is -1.22. The van der Waals surface area contributed by atoms with Gasteiger partial charge in [0.25, 0.3) is 0 Å². The van der Waals surface area contributed by atoms with Gasteiger partial charge in [-0.05, 0) is 48.4 Å². The molecule has 1 aliphatic rings. The molecule has 2 aromatic rings. The molecule has 1 fully saturated rings. The van der Waals surface area contributed by atoms with Crippen LogP contribution in [0.4, 0.5) is 5.69 Å². The Morgan fingerprint density at radius 2 is 1.76 bits per heavy atom. The standard InChI is InChI=1S/C17H18Cl2N2/c1-12-10-15(19)6-7-16(12)21-9-8-20-11-17(21)13-2-4-14(18)5-3-13/h2-7,10,17,20H,8-9,11H2,1H3/t17-/m0/s1. The van der Waals surface area contributed by atoms with E-state index in [2.05, 4.69) is 35.3 Å². The van der Waals surface area contributed by atoms with Crippen molar-refractivity contribution in [3.05, 3.63) is 63.6 Å². The smallest absolute Gasteiger partial charge is 0.0667 e. The molecule has 4 heteroatoms. The number of halogens is 2.